The number of nitrogens with one attached hydrogen (secondary N) is 1. The molecule has 0 saturated carbocycles. The largest absolute Gasteiger partial charge is 0.466 e. The molecule has 0 radical (unpaired) electrons. The first-order valence-electron chi connectivity index (χ1n) is 28.6. The van der Waals surface area contributed by atoms with Crippen molar-refractivity contribution in [3.05, 3.63) is 24.3 Å². The van der Waals surface area contributed by atoms with Crippen molar-refractivity contribution in [2.24, 2.45) is 0 Å². The molecule has 0 aliphatic carbocycles. The zero-order valence-corrected chi connectivity index (χ0v) is 43.0. The molecule has 0 aliphatic heterocycles. The molecule has 6 nitrogen and oxygen atoms in total. The second-order valence-corrected chi connectivity index (χ2v) is 19.6. The van der Waals surface area contributed by atoms with E-state index in [2.05, 4.69) is 31.3 Å². The predicted molar refractivity (Wildman–Crippen MR) is 278 cm³/mol. The molecule has 64 heavy (non-hydrogen) atoms. The van der Waals surface area contributed by atoms with Crippen molar-refractivity contribution in [1.29, 1.82) is 0 Å². The van der Waals surface area contributed by atoms with Gasteiger partial charge in [0.25, 0.3) is 0 Å². The summed E-state index contributed by atoms with van der Waals surface area (Å²) in [5.74, 6) is -0.0689. The first-order valence-corrected chi connectivity index (χ1v) is 28.6. The molecule has 3 N–H and O–H groups in total. The van der Waals surface area contributed by atoms with E-state index in [4.69, 9.17) is 4.74 Å². The van der Waals surface area contributed by atoms with Crippen LogP contribution in [0.15, 0.2) is 24.3 Å². The monoisotopic (exact) mass is 902 g/mol. The molecule has 0 aromatic rings. The second-order valence-electron chi connectivity index (χ2n) is 19.6. The van der Waals surface area contributed by atoms with Gasteiger partial charge in [0, 0.05) is 12.8 Å². The lowest BCUT2D eigenvalue weighted by Crippen LogP contribution is -2.45. The van der Waals surface area contributed by atoms with Gasteiger partial charge in [-0.25, -0.2) is 0 Å². The third-order valence-corrected chi connectivity index (χ3v) is 13.2. The van der Waals surface area contributed by atoms with E-state index in [-0.39, 0.29) is 18.5 Å². The molecule has 2 unspecified atom stereocenters. The molecule has 0 bridgehead atoms. The van der Waals surface area contributed by atoms with Crippen molar-refractivity contribution < 1.29 is 24.5 Å². The number of aliphatic hydroxyl groups is 2. The summed E-state index contributed by atoms with van der Waals surface area (Å²) in [6, 6.07) is -0.632. The number of hydrogen-bond donors (Lipinski definition) is 3. The van der Waals surface area contributed by atoms with Gasteiger partial charge in [0.2, 0.25) is 5.91 Å². The van der Waals surface area contributed by atoms with Gasteiger partial charge < -0.3 is 20.3 Å². The second kappa shape index (κ2) is 54.0. The van der Waals surface area contributed by atoms with Gasteiger partial charge in [-0.2, -0.15) is 0 Å². The van der Waals surface area contributed by atoms with Crippen molar-refractivity contribution in [1.82, 2.24) is 5.32 Å². The van der Waals surface area contributed by atoms with Crippen molar-refractivity contribution in [3.63, 3.8) is 0 Å². The smallest absolute Gasteiger partial charge is 0.305 e. The number of allylic oxidation sites excluding steroid dienone is 3. The lowest BCUT2D eigenvalue weighted by molar-refractivity contribution is -0.143. The van der Waals surface area contributed by atoms with E-state index in [0.29, 0.717) is 19.4 Å². The fraction of sp³-hybridized carbons (Fsp3) is 0.897. The Morgan fingerprint density at radius 2 is 0.734 bits per heavy atom. The van der Waals surface area contributed by atoms with Gasteiger partial charge in [-0.15, -0.1) is 0 Å². The molecule has 1 amide bonds. The minimum Gasteiger partial charge on any atom is -0.466 e. The highest BCUT2D eigenvalue weighted by Gasteiger charge is 2.18. The van der Waals surface area contributed by atoms with Crippen LogP contribution in [-0.4, -0.2) is 47.4 Å². The van der Waals surface area contributed by atoms with Crippen molar-refractivity contribution in [2.75, 3.05) is 13.2 Å². The van der Waals surface area contributed by atoms with E-state index >= 15 is 0 Å². The zero-order valence-electron chi connectivity index (χ0n) is 43.0. The van der Waals surface area contributed by atoms with Crippen LogP contribution < -0.4 is 5.32 Å². The number of unbranched alkanes of at least 4 members (excludes halogenated alkanes) is 40. The highest BCUT2D eigenvalue weighted by atomic mass is 16.5. The molecule has 6 heteroatoms. The molecule has 0 saturated heterocycles. The van der Waals surface area contributed by atoms with Crippen LogP contribution >= 0.6 is 0 Å². The van der Waals surface area contributed by atoms with Crippen molar-refractivity contribution in [2.45, 2.75) is 321 Å². The number of amides is 1. The minimum atomic E-state index is -0.847. The fourth-order valence-corrected chi connectivity index (χ4v) is 8.81. The molecule has 2 atom stereocenters. The summed E-state index contributed by atoms with van der Waals surface area (Å²) in [5.41, 5.74) is 0. The molecule has 378 valence electrons. The first kappa shape index (κ1) is 62.3. The van der Waals surface area contributed by atoms with Crippen molar-refractivity contribution >= 4 is 11.9 Å². The van der Waals surface area contributed by atoms with Gasteiger partial charge in [0.05, 0.1) is 25.4 Å². The number of rotatable bonds is 53. The van der Waals surface area contributed by atoms with E-state index in [1.54, 1.807) is 6.08 Å². The Bertz CT molecular complexity index is 997. The number of carbonyl (C=O) groups is 2. The summed E-state index contributed by atoms with van der Waals surface area (Å²) in [4.78, 5) is 24.5. The average molecular weight is 903 g/mol. The average Bonchev–Trinajstić information content (AvgIpc) is 3.29. The molecule has 0 aromatic heterocycles. The predicted octanol–water partition coefficient (Wildman–Crippen LogP) is 17.5. The lowest BCUT2D eigenvalue weighted by atomic mass is 10.0. The number of carbonyl (C=O) groups excluding carboxylic acids is 2. The highest BCUT2D eigenvalue weighted by Crippen LogP contribution is 2.17. The molecule has 0 aromatic carbocycles. The Morgan fingerprint density at radius 1 is 0.422 bits per heavy atom. The summed E-state index contributed by atoms with van der Waals surface area (Å²) >= 11 is 0. The van der Waals surface area contributed by atoms with Gasteiger partial charge in [0.1, 0.15) is 0 Å². The lowest BCUT2D eigenvalue weighted by Gasteiger charge is -2.20. The van der Waals surface area contributed by atoms with Crippen LogP contribution in [0.2, 0.25) is 0 Å². The maximum absolute atomic E-state index is 12.4. The van der Waals surface area contributed by atoms with Crippen molar-refractivity contribution in [3.8, 4) is 0 Å². The summed E-state index contributed by atoms with van der Waals surface area (Å²) < 4.78 is 5.49. The third kappa shape index (κ3) is 49.8. The molecule has 0 heterocycles. The van der Waals surface area contributed by atoms with Gasteiger partial charge in [-0.05, 0) is 57.8 Å². The van der Waals surface area contributed by atoms with Crippen LogP contribution in [0.3, 0.4) is 0 Å². The number of ether oxygens (including phenoxy) is 1. The van der Waals surface area contributed by atoms with Crippen LogP contribution in [0.25, 0.3) is 0 Å². The molecular weight excluding hydrogens is 791 g/mol. The standard InChI is InChI=1S/C58H111NO5/c1-3-5-7-9-11-13-15-16-17-22-26-29-32-36-40-44-48-52-58(63)64-53-49-45-41-37-33-30-27-24-21-19-18-20-23-25-28-31-35-39-43-47-51-57(62)59-55(54-60)56(61)50-46-42-38-34-14-12-10-8-6-4-2/h18,20,46,50,55-56,60-61H,3-17,19,21-45,47-49,51-54H2,1-2H3,(H,59,62)/b20-18-,50-46+. The Balaban J connectivity index is 3.40. The van der Waals surface area contributed by atoms with Gasteiger partial charge in [-0.1, -0.05) is 263 Å². The summed E-state index contributed by atoms with van der Waals surface area (Å²) in [7, 11) is 0. The molecule has 0 aliphatic rings. The Kier molecular flexibility index (Phi) is 52.6. The summed E-state index contributed by atoms with van der Waals surface area (Å²) in [6.45, 7) is 4.89. The Labute approximate surface area is 399 Å². The van der Waals surface area contributed by atoms with Gasteiger partial charge >= 0.3 is 5.97 Å². The first-order chi connectivity index (χ1) is 31.5. The minimum absolute atomic E-state index is 0.00930. The van der Waals surface area contributed by atoms with Crippen LogP contribution in [0.4, 0.5) is 0 Å². The topological polar surface area (TPSA) is 95.9 Å². The van der Waals surface area contributed by atoms with E-state index in [1.807, 2.05) is 6.08 Å². The van der Waals surface area contributed by atoms with Crippen LogP contribution in [0, 0.1) is 0 Å². The normalized spacial score (nSPS) is 12.8. The van der Waals surface area contributed by atoms with Crippen LogP contribution in [0.5, 0.6) is 0 Å². The Morgan fingerprint density at radius 3 is 1.11 bits per heavy atom. The van der Waals surface area contributed by atoms with Crippen LogP contribution in [0.1, 0.15) is 309 Å². The maximum atomic E-state index is 12.4. The molecular formula is C58H111NO5. The zero-order chi connectivity index (χ0) is 46.5. The number of aliphatic hydroxyl groups excluding tert-OH is 2. The quantitative estimate of drug-likeness (QED) is 0.0321. The van der Waals surface area contributed by atoms with E-state index in [9.17, 15) is 19.8 Å². The Hall–Kier alpha value is -1.66. The number of hydrogen-bond acceptors (Lipinski definition) is 5. The summed E-state index contributed by atoms with van der Waals surface area (Å²) in [5, 5.41) is 23.0. The molecule has 0 fully saturated rings. The van der Waals surface area contributed by atoms with E-state index in [0.717, 1.165) is 44.9 Å². The fourth-order valence-electron chi connectivity index (χ4n) is 8.81. The maximum Gasteiger partial charge on any atom is 0.305 e. The summed E-state index contributed by atoms with van der Waals surface area (Å²) in [6.07, 6.45) is 64.9. The van der Waals surface area contributed by atoms with E-state index in [1.165, 1.54) is 238 Å². The van der Waals surface area contributed by atoms with Gasteiger partial charge in [0.15, 0.2) is 0 Å². The van der Waals surface area contributed by atoms with E-state index < -0.39 is 12.1 Å². The SMILES string of the molecule is CCCCCCCCCC/C=C/C(O)C(CO)NC(=O)CCCCCCCCC/C=C\CCCCCCCCCCCOC(=O)CCCCCCCCCCCCCCCCCCC. The number of esters is 1. The van der Waals surface area contributed by atoms with Crippen LogP contribution in [-0.2, 0) is 14.3 Å². The molecule has 0 rings (SSSR count). The molecule has 0 spiro atoms. The highest BCUT2D eigenvalue weighted by molar-refractivity contribution is 5.76. The van der Waals surface area contributed by atoms with Gasteiger partial charge in [-0.3, -0.25) is 9.59 Å². The third-order valence-electron chi connectivity index (χ3n) is 13.2.